The number of hydrogen-bond acceptors (Lipinski definition) is 2. The Morgan fingerprint density at radius 1 is 1.09 bits per heavy atom. The van der Waals surface area contributed by atoms with Crippen LogP contribution >= 0.6 is 22.6 Å². The van der Waals surface area contributed by atoms with Crippen LogP contribution in [0.15, 0.2) is 48.5 Å². The van der Waals surface area contributed by atoms with Gasteiger partial charge in [-0.05, 0) is 58.5 Å². The zero-order chi connectivity index (χ0) is 16.1. The molecule has 0 spiro atoms. The van der Waals surface area contributed by atoms with Crippen LogP contribution in [0.4, 0.5) is 0 Å². The fraction of sp³-hybridized carbons (Fsp3) is 0.176. The molecule has 2 aromatic carbocycles. The summed E-state index contributed by atoms with van der Waals surface area (Å²) in [7, 11) is 3.37. The summed E-state index contributed by atoms with van der Waals surface area (Å²) in [6.45, 7) is 0.498. The van der Waals surface area contributed by atoms with Gasteiger partial charge in [0.15, 0.2) is 0 Å². The summed E-state index contributed by atoms with van der Waals surface area (Å²) in [4.78, 5) is 25.5. The van der Waals surface area contributed by atoms with Gasteiger partial charge in [-0.25, -0.2) is 0 Å². The van der Waals surface area contributed by atoms with Crippen molar-refractivity contribution < 1.29 is 9.59 Å². The van der Waals surface area contributed by atoms with Gasteiger partial charge < -0.3 is 10.2 Å². The molecule has 4 nitrogen and oxygen atoms in total. The van der Waals surface area contributed by atoms with Crippen LogP contribution in [0.25, 0.3) is 0 Å². The standard InChI is InChI=1S/C17H17IN2O2/c1-19-16(21)13-8-6-12(7-9-13)11-20(2)17(22)14-4-3-5-15(18)10-14/h3-10H,11H2,1-2H3,(H,19,21). The first-order valence-electron chi connectivity index (χ1n) is 6.83. The van der Waals surface area contributed by atoms with Crippen LogP contribution in [0.2, 0.25) is 0 Å². The number of carbonyl (C=O) groups is 2. The topological polar surface area (TPSA) is 49.4 Å². The summed E-state index contributed by atoms with van der Waals surface area (Å²) in [6, 6.07) is 14.8. The van der Waals surface area contributed by atoms with Crippen molar-refractivity contribution in [1.29, 1.82) is 0 Å². The van der Waals surface area contributed by atoms with Gasteiger partial charge in [-0.2, -0.15) is 0 Å². The fourth-order valence-corrected chi connectivity index (χ4v) is 2.64. The van der Waals surface area contributed by atoms with E-state index in [0.29, 0.717) is 17.7 Å². The smallest absolute Gasteiger partial charge is 0.253 e. The summed E-state index contributed by atoms with van der Waals surface area (Å²) >= 11 is 2.19. The SMILES string of the molecule is CNC(=O)c1ccc(CN(C)C(=O)c2cccc(I)c2)cc1. The number of benzene rings is 2. The van der Waals surface area contributed by atoms with Crippen LogP contribution in [0, 0.1) is 3.57 Å². The number of carbonyl (C=O) groups excluding carboxylic acids is 2. The van der Waals surface area contributed by atoms with E-state index in [1.165, 1.54) is 0 Å². The molecule has 22 heavy (non-hydrogen) atoms. The van der Waals surface area contributed by atoms with Gasteiger partial charge in [0.1, 0.15) is 0 Å². The van der Waals surface area contributed by atoms with Crippen molar-refractivity contribution in [2.45, 2.75) is 6.54 Å². The molecular formula is C17H17IN2O2. The zero-order valence-corrected chi connectivity index (χ0v) is 14.6. The molecule has 0 radical (unpaired) electrons. The van der Waals surface area contributed by atoms with Crippen molar-refractivity contribution in [3.8, 4) is 0 Å². The first kappa shape index (κ1) is 16.5. The Balaban J connectivity index is 2.06. The Morgan fingerprint density at radius 3 is 2.36 bits per heavy atom. The number of hydrogen-bond donors (Lipinski definition) is 1. The number of nitrogens with one attached hydrogen (secondary N) is 1. The van der Waals surface area contributed by atoms with Crippen LogP contribution in [-0.2, 0) is 6.54 Å². The number of amides is 2. The van der Waals surface area contributed by atoms with E-state index < -0.39 is 0 Å². The predicted molar refractivity (Wildman–Crippen MR) is 94.8 cm³/mol. The summed E-state index contributed by atoms with van der Waals surface area (Å²) in [6.07, 6.45) is 0. The van der Waals surface area contributed by atoms with E-state index in [4.69, 9.17) is 0 Å². The lowest BCUT2D eigenvalue weighted by Crippen LogP contribution is -2.26. The molecule has 0 aromatic heterocycles. The maximum Gasteiger partial charge on any atom is 0.253 e. The van der Waals surface area contributed by atoms with Gasteiger partial charge in [0.05, 0.1) is 0 Å². The average molecular weight is 408 g/mol. The Labute approximate surface area is 143 Å². The molecule has 1 N–H and O–H groups in total. The third kappa shape index (κ3) is 4.07. The van der Waals surface area contributed by atoms with Crippen LogP contribution in [0.3, 0.4) is 0 Å². The molecule has 0 atom stereocenters. The Morgan fingerprint density at radius 2 is 1.77 bits per heavy atom. The molecule has 2 aromatic rings. The van der Waals surface area contributed by atoms with Gasteiger partial charge in [0, 0.05) is 35.3 Å². The van der Waals surface area contributed by atoms with E-state index in [0.717, 1.165) is 9.13 Å². The minimum atomic E-state index is -0.116. The minimum Gasteiger partial charge on any atom is -0.355 e. The van der Waals surface area contributed by atoms with Gasteiger partial charge in [0.2, 0.25) is 0 Å². The monoisotopic (exact) mass is 408 g/mol. The van der Waals surface area contributed by atoms with E-state index in [1.807, 2.05) is 36.4 Å². The normalized spacial score (nSPS) is 10.1. The third-order valence-corrected chi connectivity index (χ3v) is 3.95. The van der Waals surface area contributed by atoms with Crippen LogP contribution in [0.1, 0.15) is 26.3 Å². The first-order valence-corrected chi connectivity index (χ1v) is 7.91. The van der Waals surface area contributed by atoms with Gasteiger partial charge in [0.25, 0.3) is 11.8 Å². The summed E-state index contributed by atoms with van der Waals surface area (Å²) < 4.78 is 1.03. The molecule has 0 saturated heterocycles. The highest BCUT2D eigenvalue weighted by Crippen LogP contribution is 2.12. The van der Waals surface area contributed by atoms with E-state index in [1.54, 1.807) is 31.1 Å². The number of halogens is 1. The summed E-state index contributed by atoms with van der Waals surface area (Å²) in [5.41, 5.74) is 2.27. The van der Waals surface area contributed by atoms with Crippen molar-refractivity contribution in [2.24, 2.45) is 0 Å². The molecule has 0 unspecified atom stereocenters. The molecule has 0 heterocycles. The van der Waals surface area contributed by atoms with Gasteiger partial charge in [-0.1, -0.05) is 18.2 Å². The quantitative estimate of drug-likeness (QED) is 0.792. The van der Waals surface area contributed by atoms with Crippen molar-refractivity contribution in [2.75, 3.05) is 14.1 Å². The lowest BCUT2D eigenvalue weighted by atomic mass is 10.1. The molecule has 2 rings (SSSR count). The Kier molecular flexibility index (Phi) is 5.54. The zero-order valence-electron chi connectivity index (χ0n) is 12.5. The lowest BCUT2D eigenvalue weighted by molar-refractivity contribution is 0.0784. The Bertz CT molecular complexity index is 683. The predicted octanol–water partition coefficient (Wildman–Crippen LogP) is 2.92. The van der Waals surface area contributed by atoms with Gasteiger partial charge in [-0.3, -0.25) is 9.59 Å². The molecule has 2 amide bonds. The van der Waals surface area contributed by atoms with E-state index in [-0.39, 0.29) is 11.8 Å². The van der Waals surface area contributed by atoms with Crippen LogP contribution in [0.5, 0.6) is 0 Å². The van der Waals surface area contributed by atoms with Gasteiger partial charge in [-0.15, -0.1) is 0 Å². The molecule has 0 aliphatic rings. The molecule has 0 bridgehead atoms. The highest BCUT2D eigenvalue weighted by molar-refractivity contribution is 14.1. The Hall–Kier alpha value is -1.89. The average Bonchev–Trinajstić information content (AvgIpc) is 2.54. The van der Waals surface area contributed by atoms with Crippen molar-refractivity contribution in [1.82, 2.24) is 10.2 Å². The van der Waals surface area contributed by atoms with Crippen molar-refractivity contribution >= 4 is 34.4 Å². The second kappa shape index (κ2) is 7.40. The van der Waals surface area contributed by atoms with Crippen molar-refractivity contribution in [3.05, 3.63) is 68.8 Å². The largest absolute Gasteiger partial charge is 0.355 e. The second-order valence-electron chi connectivity index (χ2n) is 4.95. The highest BCUT2D eigenvalue weighted by atomic mass is 127. The molecule has 5 heteroatoms. The van der Waals surface area contributed by atoms with Crippen LogP contribution in [-0.4, -0.2) is 30.8 Å². The molecule has 114 valence electrons. The van der Waals surface area contributed by atoms with Crippen LogP contribution < -0.4 is 5.32 Å². The number of rotatable bonds is 4. The summed E-state index contributed by atoms with van der Waals surface area (Å²) in [5.74, 6) is -0.135. The molecule has 0 aliphatic carbocycles. The lowest BCUT2D eigenvalue weighted by Gasteiger charge is -2.17. The molecule has 0 saturated carbocycles. The molecule has 0 fully saturated rings. The molecule has 0 aliphatic heterocycles. The van der Waals surface area contributed by atoms with Gasteiger partial charge >= 0.3 is 0 Å². The maximum absolute atomic E-state index is 12.4. The summed E-state index contributed by atoms with van der Waals surface area (Å²) in [5, 5.41) is 2.58. The number of nitrogens with zero attached hydrogens (tertiary/aromatic N) is 1. The van der Waals surface area contributed by atoms with E-state index >= 15 is 0 Å². The second-order valence-corrected chi connectivity index (χ2v) is 6.19. The van der Waals surface area contributed by atoms with E-state index in [9.17, 15) is 9.59 Å². The maximum atomic E-state index is 12.4. The fourth-order valence-electron chi connectivity index (χ4n) is 2.09. The van der Waals surface area contributed by atoms with E-state index in [2.05, 4.69) is 27.9 Å². The third-order valence-electron chi connectivity index (χ3n) is 3.28. The molecular weight excluding hydrogens is 391 g/mol. The van der Waals surface area contributed by atoms with Crippen molar-refractivity contribution in [3.63, 3.8) is 0 Å². The highest BCUT2D eigenvalue weighted by Gasteiger charge is 2.12. The first-order chi connectivity index (χ1) is 10.5. The minimum absolute atomic E-state index is 0.0195.